The molecule has 0 radical (unpaired) electrons. The van der Waals surface area contributed by atoms with Gasteiger partial charge in [0.05, 0.1) is 25.9 Å². The van der Waals surface area contributed by atoms with Crippen LogP contribution in [0, 0.1) is 5.92 Å². The number of hydrogen-bond acceptors (Lipinski definition) is 8. The van der Waals surface area contributed by atoms with Crippen molar-refractivity contribution in [1.29, 1.82) is 0 Å². The standard InChI is InChI=1S/C21H31NO8/c1-13(2)18-21(3,4)30-20(26)22(18)19(25)17(27-5)16-15(24)9-8-14(29-16)7-6-11-28-12-10-23/h7-9,13,16-18,23H,6,10-12H2,1-5H3/t16-,17-,18-/m0/s1. The van der Waals surface area contributed by atoms with Crippen LogP contribution >= 0.6 is 0 Å². The van der Waals surface area contributed by atoms with Gasteiger partial charge in [0, 0.05) is 7.11 Å². The molecular weight excluding hydrogens is 394 g/mol. The lowest BCUT2D eigenvalue weighted by Gasteiger charge is -2.34. The summed E-state index contributed by atoms with van der Waals surface area (Å²) in [5.74, 6) is -0.778. The smallest absolute Gasteiger partial charge is 0.417 e. The molecule has 1 saturated heterocycles. The third kappa shape index (κ3) is 5.27. The van der Waals surface area contributed by atoms with Crippen LogP contribution in [0.5, 0.6) is 0 Å². The lowest BCUT2D eigenvalue weighted by atomic mass is 9.88. The highest BCUT2D eigenvalue weighted by Gasteiger charge is 2.54. The fourth-order valence-corrected chi connectivity index (χ4v) is 3.86. The van der Waals surface area contributed by atoms with Crippen molar-refractivity contribution < 1.29 is 38.4 Å². The predicted molar refractivity (Wildman–Crippen MR) is 106 cm³/mol. The summed E-state index contributed by atoms with van der Waals surface area (Å²) >= 11 is 0. The number of allylic oxidation sites excluding steroid dienone is 1. The highest BCUT2D eigenvalue weighted by Crippen LogP contribution is 2.35. The Morgan fingerprint density at radius 2 is 2.00 bits per heavy atom. The normalized spacial score (nSPS) is 25.6. The van der Waals surface area contributed by atoms with E-state index in [4.69, 9.17) is 24.1 Å². The van der Waals surface area contributed by atoms with Gasteiger partial charge in [-0.25, -0.2) is 9.69 Å². The molecule has 0 aromatic heterocycles. The second-order valence-corrected chi connectivity index (χ2v) is 8.03. The van der Waals surface area contributed by atoms with Gasteiger partial charge in [-0.1, -0.05) is 13.8 Å². The number of rotatable bonds is 9. The quantitative estimate of drug-likeness (QED) is 0.555. The molecule has 1 fully saturated rings. The summed E-state index contributed by atoms with van der Waals surface area (Å²) in [6, 6.07) is -0.511. The van der Waals surface area contributed by atoms with Crippen LogP contribution in [0.2, 0.25) is 0 Å². The van der Waals surface area contributed by atoms with E-state index in [1.807, 2.05) is 13.8 Å². The van der Waals surface area contributed by atoms with E-state index in [2.05, 4.69) is 0 Å². The average molecular weight is 425 g/mol. The molecule has 9 heteroatoms. The number of hydrogen-bond donors (Lipinski definition) is 1. The van der Waals surface area contributed by atoms with Gasteiger partial charge in [-0.15, -0.1) is 0 Å². The van der Waals surface area contributed by atoms with E-state index < -0.39 is 41.6 Å². The lowest BCUT2D eigenvalue weighted by molar-refractivity contribution is -0.154. The van der Waals surface area contributed by atoms with Crippen LogP contribution < -0.4 is 0 Å². The first-order chi connectivity index (χ1) is 14.1. The molecule has 2 rings (SSSR count). The number of ether oxygens (including phenoxy) is 4. The van der Waals surface area contributed by atoms with Gasteiger partial charge >= 0.3 is 6.09 Å². The van der Waals surface area contributed by atoms with E-state index in [1.54, 1.807) is 19.9 Å². The Labute approximate surface area is 176 Å². The number of methoxy groups -OCH3 is 1. The number of amides is 2. The van der Waals surface area contributed by atoms with Crippen LogP contribution in [0.25, 0.3) is 0 Å². The molecule has 0 aliphatic carbocycles. The Morgan fingerprint density at radius 3 is 2.60 bits per heavy atom. The zero-order valence-electron chi connectivity index (χ0n) is 18.1. The third-order valence-corrected chi connectivity index (χ3v) is 4.98. The molecule has 0 saturated carbocycles. The summed E-state index contributed by atoms with van der Waals surface area (Å²) in [6.45, 7) is 7.82. The lowest BCUT2D eigenvalue weighted by Crippen LogP contribution is -2.55. The van der Waals surface area contributed by atoms with Crippen LogP contribution in [-0.2, 0) is 28.5 Å². The van der Waals surface area contributed by atoms with Gasteiger partial charge in [0.2, 0.25) is 0 Å². The van der Waals surface area contributed by atoms with Crippen molar-refractivity contribution in [1.82, 2.24) is 4.90 Å². The van der Waals surface area contributed by atoms with E-state index in [-0.39, 0.29) is 19.1 Å². The molecule has 0 bridgehead atoms. The Morgan fingerprint density at radius 1 is 1.30 bits per heavy atom. The Bertz CT molecular complexity index is 712. The minimum Gasteiger partial charge on any atom is -0.479 e. The molecule has 9 nitrogen and oxygen atoms in total. The van der Waals surface area contributed by atoms with E-state index in [1.165, 1.54) is 19.3 Å². The molecule has 0 aromatic carbocycles. The molecular formula is C21H31NO8. The van der Waals surface area contributed by atoms with Crippen LogP contribution in [0.15, 0.2) is 24.0 Å². The van der Waals surface area contributed by atoms with E-state index in [0.717, 1.165) is 4.90 Å². The maximum atomic E-state index is 13.3. The predicted octanol–water partition coefficient (Wildman–Crippen LogP) is 1.59. The zero-order chi connectivity index (χ0) is 22.5. The third-order valence-electron chi connectivity index (χ3n) is 4.98. The van der Waals surface area contributed by atoms with E-state index in [0.29, 0.717) is 18.8 Å². The molecule has 3 atom stereocenters. The van der Waals surface area contributed by atoms with Gasteiger partial charge in [-0.2, -0.15) is 0 Å². The highest BCUT2D eigenvalue weighted by atomic mass is 16.6. The monoisotopic (exact) mass is 425 g/mol. The molecule has 2 amide bonds. The van der Waals surface area contributed by atoms with Crippen molar-refractivity contribution >= 4 is 17.8 Å². The van der Waals surface area contributed by atoms with Gasteiger partial charge in [0.15, 0.2) is 18.0 Å². The molecule has 2 aliphatic rings. The van der Waals surface area contributed by atoms with Crippen LogP contribution in [-0.4, -0.2) is 78.6 Å². The fourth-order valence-electron chi connectivity index (χ4n) is 3.86. The molecule has 0 unspecified atom stereocenters. The maximum absolute atomic E-state index is 13.3. The first kappa shape index (κ1) is 24.0. The largest absolute Gasteiger partial charge is 0.479 e. The maximum Gasteiger partial charge on any atom is 0.417 e. The van der Waals surface area contributed by atoms with Crippen LogP contribution in [0.1, 0.15) is 34.1 Å². The fraction of sp³-hybridized carbons (Fsp3) is 0.667. The number of cyclic esters (lactones) is 1. The van der Waals surface area contributed by atoms with Crippen molar-refractivity contribution in [3.8, 4) is 0 Å². The minimum absolute atomic E-state index is 0.0612. The first-order valence-corrected chi connectivity index (χ1v) is 10.00. The second-order valence-electron chi connectivity index (χ2n) is 8.03. The van der Waals surface area contributed by atoms with Crippen molar-refractivity contribution in [2.45, 2.75) is 58.0 Å². The second kappa shape index (κ2) is 10.2. The van der Waals surface area contributed by atoms with Crippen molar-refractivity contribution in [2.75, 3.05) is 26.9 Å². The Balaban J connectivity index is 2.18. The Hall–Kier alpha value is -2.23. The summed E-state index contributed by atoms with van der Waals surface area (Å²) in [6.07, 6.45) is 1.75. The molecule has 0 aromatic rings. The van der Waals surface area contributed by atoms with Crippen LogP contribution in [0.4, 0.5) is 4.79 Å². The zero-order valence-corrected chi connectivity index (χ0v) is 18.1. The minimum atomic E-state index is -1.31. The number of carbonyl (C=O) groups is 3. The van der Waals surface area contributed by atoms with Crippen molar-refractivity contribution in [2.24, 2.45) is 5.92 Å². The molecule has 168 valence electrons. The van der Waals surface area contributed by atoms with E-state index >= 15 is 0 Å². The molecule has 30 heavy (non-hydrogen) atoms. The molecule has 0 spiro atoms. The van der Waals surface area contributed by atoms with Gasteiger partial charge in [-0.3, -0.25) is 9.59 Å². The number of carbonyl (C=O) groups excluding carboxylic acids is 3. The first-order valence-electron chi connectivity index (χ1n) is 10.00. The SMILES string of the molecule is CO[C@H](C(=O)N1C(=O)OC(C)(C)[C@@H]1C(C)C)[C@H]1OC(=CCCOCCO)C=CC1=O. The summed E-state index contributed by atoms with van der Waals surface area (Å²) in [5.41, 5.74) is -0.865. The molecule has 1 N–H and O–H groups in total. The molecule has 2 aliphatic heterocycles. The van der Waals surface area contributed by atoms with Crippen molar-refractivity contribution in [3.63, 3.8) is 0 Å². The van der Waals surface area contributed by atoms with E-state index in [9.17, 15) is 14.4 Å². The number of nitrogens with zero attached hydrogens (tertiary/aromatic N) is 1. The van der Waals surface area contributed by atoms with Gasteiger partial charge in [0.1, 0.15) is 11.4 Å². The average Bonchev–Trinajstić information content (AvgIpc) is 2.92. The molecule has 2 heterocycles. The van der Waals surface area contributed by atoms with Gasteiger partial charge < -0.3 is 24.1 Å². The van der Waals surface area contributed by atoms with Crippen LogP contribution in [0.3, 0.4) is 0 Å². The Kier molecular flexibility index (Phi) is 8.17. The van der Waals surface area contributed by atoms with Gasteiger partial charge in [0.25, 0.3) is 5.91 Å². The summed E-state index contributed by atoms with van der Waals surface area (Å²) in [5, 5.41) is 8.72. The number of ketones is 1. The summed E-state index contributed by atoms with van der Waals surface area (Å²) in [7, 11) is 1.29. The topological polar surface area (TPSA) is 112 Å². The number of aliphatic hydroxyl groups excluding tert-OH is 1. The van der Waals surface area contributed by atoms with Gasteiger partial charge in [-0.05, 0) is 44.4 Å². The summed E-state index contributed by atoms with van der Waals surface area (Å²) < 4.78 is 21.6. The number of imide groups is 1. The van der Waals surface area contributed by atoms with Crippen molar-refractivity contribution in [3.05, 3.63) is 24.0 Å². The summed E-state index contributed by atoms with van der Waals surface area (Å²) in [4.78, 5) is 39.2. The highest BCUT2D eigenvalue weighted by molar-refractivity contribution is 6.03. The number of aliphatic hydroxyl groups is 1.